The van der Waals surface area contributed by atoms with E-state index < -0.39 is 0 Å². The fourth-order valence-corrected chi connectivity index (χ4v) is 4.24. The van der Waals surface area contributed by atoms with Crippen molar-refractivity contribution in [1.82, 2.24) is 15.5 Å². The Hall–Kier alpha value is -2.60. The minimum atomic E-state index is -0.320. The first-order valence-corrected chi connectivity index (χ1v) is 10.4. The second kappa shape index (κ2) is 8.19. The number of hydrogen-bond acceptors (Lipinski definition) is 5. The molecular weight excluding hydrogens is 370 g/mol. The van der Waals surface area contributed by atoms with E-state index in [2.05, 4.69) is 33.7 Å². The number of thioether (sulfide) groups is 1. The predicted octanol–water partition coefficient (Wildman–Crippen LogP) is 4.72. The van der Waals surface area contributed by atoms with Crippen LogP contribution in [0.1, 0.15) is 42.5 Å². The van der Waals surface area contributed by atoms with Crippen molar-refractivity contribution in [3.05, 3.63) is 65.2 Å². The van der Waals surface area contributed by atoms with Crippen molar-refractivity contribution in [3.8, 4) is 11.5 Å². The molecule has 1 amide bonds. The van der Waals surface area contributed by atoms with Crippen molar-refractivity contribution in [2.75, 3.05) is 0 Å². The molecule has 0 bridgehead atoms. The van der Waals surface area contributed by atoms with Crippen molar-refractivity contribution in [2.24, 2.45) is 0 Å². The summed E-state index contributed by atoms with van der Waals surface area (Å²) >= 11 is 1.29. The summed E-state index contributed by atoms with van der Waals surface area (Å²) in [4.78, 5) is 12.7. The zero-order valence-electron chi connectivity index (χ0n) is 16.0. The van der Waals surface area contributed by atoms with Crippen molar-refractivity contribution in [3.63, 3.8) is 0 Å². The largest absolute Gasteiger partial charge is 0.411 e. The summed E-state index contributed by atoms with van der Waals surface area (Å²) in [6, 6.07) is 16.3. The van der Waals surface area contributed by atoms with Gasteiger partial charge >= 0.3 is 0 Å². The van der Waals surface area contributed by atoms with Crippen LogP contribution >= 0.6 is 11.8 Å². The molecule has 4 rings (SSSR count). The lowest BCUT2D eigenvalue weighted by Gasteiger charge is -2.27. The summed E-state index contributed by atoms with van der Waals surface area (Å²) in [6.07, 6.45) is 3.14. The molecule has 1 heterocycles. The molecule has 2 aromatic carbocycles. The lowest BCUT2D eigenvalue weighted by molar-refractivity contribution is -0.121. The third-order valence-corrected chi connectivity index (χ3v) is 5.94. The first-order valence-electron chi connectivity index (χ1n) is 9.55. The molecule has 144 valence electrons. The number of amides is 1. The number of nitrogens with one attached hydrogen (secondary N) is 1. The summed E-state index contributed by atoms with van der Waals surface area (Å²) in [5.41, 5.74) is 4.58. The Morgan fingerprint density at radius 3 is 2.93 bits per heavy atom. The van der Waals surface area contributed by atoms with Gasteiger partial charge < -0.3 is 9.73 Å². The summed E-state index contributed by atoms with van der Waals surface area (Å²) < 4.78 is 5.75. The van der Waals surface area contributed by atoms with Gasteiger partial charge in [0.25, 0.3) is 5.22 Å². The number of nitrogens with zero attached hydrogens (tertiary/aromatic N) is 2. The van der Waals surface area contributed by atoms with Gasteiger partial charge in [-0.2, -0.15) is 0 Å². The number of aromatic nitrogens is 2. The maximum absolute atomic E-state index is 12.7. The first kappa shape index (κ1) is 18.7. The van der Waals surface area contributed by atoms with Gasteiger partial charge in [0.1, 0.15) is 0 Å². The van der Waals surface area contributed by atoms with E-state index in [-0.39, 0.29) is 17.2 Å². The van der Waals surface area contributed by atoms with Crippen LogP contribution in [0.2, 0.25) is 0 Å². The average Bonchev–Trinajstić information content (AvgIpc) is 3.17. The SMILES string of the molecule is Cc1cccc(-c2nnc(S[C@@H](C)C(=O)N[C@@H]3CCCc4ccccc43)o2)c1. The number of rotatable bonds is 5. The van der Waals surface area contributed by atoms with Gasteiger partial charge in [0.05, 0.1) is 11.3 Å². The minimum Gasteiger partial charge on any atom is -0.411 e. The molecule has 1 aliphatic rings. The maximum Gasteiger partial charge on any atom is 0.277 e. The van der Waals surface area contributed by atoms with Gasteiger partial charge in [-0.15, -0.1) is 10.2 Å². The summed E-state index contributed by atoms with van der Waals surface area (Å²) in [5, 5.41) is 11.5. The number of benzene rings is 2. The summed E-state index contributed by atoms with van der Waals surface area (Å²) in [7, 11) is 0. The third-order valence-electron chi connectivity index (χ3n) is 5.00. The molecule has 1 aromatic heterocycles. The van der Waals surface area contributed by atoms with E-state index in [1.807, 2.05) is 44.2 Å². The second-order valence-electron chi connectivity index (χ2n) is 7.15. The van der Waals surface area contributed by atoms with E-state index in [9.17, 15) is 4.79 Å². The molecule has 0 aliphatic heterocycles. The topological polar surface area (TPSA) is 68.0 Å². The van der Waals surface area contributed by atoms with Crippen LogP contribution in [-0.2, 0) is 11.2 Å². The molecule has 1 aliphatic carbocycles. The van der Waals surface area contributed by atoms with Crippen LogP contribution < -0.4 is 5.32 Å². The second-order valence-corrected chi connectivity index (χ2v) is 8.45. The van der Waals surface area contributed by atoms with Gasteiger partial charge in [0.2, 0.25) is 11.8 Å². The van der Waals surface area contributed by atoms with Crippen LogP contribution in [0.3, 0.4) is 0 Å². The third kappa shape index (κ3) is 4.12. The van der Waals surface area contributed by atoms with E-state index in [1.54, 1.807) is 0 Å². The molecule has 0 spiro atoms. The Morgan fingerprint density at radius 2 is 2.07 bits per heavy atom. The zero-order chi connectivity index (χ0) is 19.5. The van der Waals surface area contributed by atoms with Crippen molar-refractivity contribution >= 4 is 17.7 Å². The highest BCUT2D eigenvalue weighted by molar-refractivity contribution is 8.00. The van der Waals surface area contributed by atoms with Gasteiger partial charge in [-0.1, -0.05) is 53.7 Å². The van der Waals surface area contributed by atoms with Gasteiger partial charge in [-0.3, -0.25) is 4.79 Å². The quantitative estimate of drug-likeness (QED) is 0.635. The number of hydrogen-bond donors (Lipinski definition) is 1. The fraction of sp³-hybridized carbons (Fsp3) is 0.318. The molecule has 0 unspecified atom stereocenters. The van der Waals surface area contributed by atoms with Gasteiger partial charge in [-0.05, 0) is 56.4 Å². The molecule has 1 N–H and O–H groups in total. The Kier molecular flexibility index (Phi) is 5.48. The highest BCUT2D eigenvalue weighted by Gasteiger charge is 2.25. The predicted molar refractivity (Wildman–Crippen MR) is 110 cm³/mol. The normalized spacial score (nSPS) is 17.0. The zero-order valence-corrected chi connectivity index (χ0v) is 16.8. The highest BCUT2D eigenvalue weighted by atomic mass is 32.2. The number of carbonyl (C=O) groups excluding carboxylic acids is 1. The van der Waals surface area contributed by atoms with Crippen LogP contribution in [0.15, 0.2) is 58.2 Å². The Balaban J connectivity index is 1.40. The standard InChI is InChI=1S/C22H23N3O2S/c1-14-7-5-10-17(13-14)21-24-25-22(27-21)28-15(2)20(26)23-19-12-6-9-16-8-3-4-11-18(16)19/h3-5,7-8,10-11,13,15,19H,6,9,12H2,1-2H3,(H,23,26)/t15-,19+/m0/s1. The molecule has 6 heteroatoms. The Morgan fingerprint density at radius 1 is 1.21 bits per heavy atom. The summed E-state index contributed by atoms with van der Waals surface area (Å²) in [6.45, 7) is 3.89. The molecule has 0 fully saturated rings. The number of fused-ring (bicyclic) bond motifs is 1. The van der Waals surface area contributed by atoms with Crippen LogP contribution in [0.4, 0.5) is 0 Å². The maximum atomic E-state index is 12.7. The van der Waals surface area contributed by atoms with Gasteiger partial charge in [0, 0.05) is 5.56 Å². The lowest BCUT2D eigenvalue weighted by atomic mass is 9.88. The molecule has 28 heavy (non-hydrogen) atoms. The molecule has 0 saturated carbocycles. The molecule has 0 saturated heterocycles. The highest BCUT2D eigenvalue weighted by Crippen LogP contribution is 2.31. The van der Waals surface area contributed by atoms with Gasteiger partial charge in [0.15, 0.2) is 0 Å². The number of carbonyl (C=O) groups is 1. The molecule has 2 atom stereocenters. The molecule has 0 radical (unpaired) electrons. The molecule has 5 nitrogen and oxygen atoms in total. The van der Waals surface area contributed by atoms with E-state index in [4.69, 9.17) is 4.42 Å². The van der Waals surface area contributed by atoms with Crippen LogP contribution in [0.25, 0.3) is 11.5 Å². The Labute approximate surface area is 168 Å². The monoisotopic (exact) mass is 393 g/mol. The smallest absolute Gasteiger partial charge is 0.277 e. The van der Waals surface area contributed by atoms with Crippen molar-refractivity contribution < 1.29 is 9.21 Å². The molecule has 3 aromatic rings. The molecular formula is C22H23N3O2S. The summed E-state index contributed by atoms with van der Waals surface area (Å²) in [5.74, 6) is 0.460. The van der Waals surface area contributed by atoms with E-state index in [0.29, 0.717) is 11.1 Å². The lowest BCUT2D eigenvalue weighted by Crippen LogP contribution is -2.35. The average molecular weight is 394 g/mol. The van der Waals surface area contributed by atoms with Crippen LogP contribution in [0, 0.1) is 6.92 Å². The van der Waals surface area contributed by atoms with E-state index >= 15 is 0 Å². The van der Waals surface area contributed by atoms with E-state index in [1.165, 1.54) is 22.9 Å². The van der Waals surface area contributed by atoms with Crippen LogP contribution in [0.5, 0.6) is 0 Å². The fourth-order valence-electron chi connectivity index (χ4n) is 3.55. The van der Waals surface area contributed by atoms with Crippen molar-refractivity contribution in [1.29, 1.82) is 0 Å². The van der Waals surface area contributed by atoms with E-state index in [0.717, 1.165) is 30.4 Å². The van der Waals surface area contributed by atoms with Crippen molar-refractivity contribution in [2.45, 2.75) is 49.6 Å². The van der Waals surface area contributed by atoms with Gasteiger partial charge in [-0.25, -0.2) is 0 Å². The Bertz CT molecular complexity index is 985. The minimum absolute atomic E-state index is 0.0120. The van der Waals surface area contributed by atoms with Crippen LogP contribution in [-0.4, -0.2) is 21.4 Å². The first-order chi connectivity index (χ1) is 13.6. The number of aryl methyl sites for hydroxylation is 2.